The molecular formula is C10H12BrNO5S. The first kappa shape index (κ1) is 15.1. The summed E-state index contributed by atoms with van der Waals surface area (Å²) < 4.78 is 26.0. The highest BCUT2D eigenvalue weighted by atomic mass is 79.9. The largest absolute Gasteiger partial charge is 0.478 e. The van der Waals surface area contributed by atoms with E-state index in [-0.39, 0.29) is 21.5 Å². The van der Waals surface area contributed by atoms with E-state index in [4.69, 9.17) is 10.2 Å². The number of halogens is 1. The maximum absolute atomic E-state index is 11.8. The molecule has 0 aliphatic carbocycles. The zero-order valence-corrected chi connectivity index (χ0v) is 11.8. The molecule has 0 radical (unpaired) electrons. The predicted molar refractivity (Wildman–Crippen MR) is 68.0 cm³/mol. The van der Waals surface area contributed by atoms with Crippen LogP contribution in [-0.4, -0.2) is 37.2 Å². The Kier molecular flexibility index (Phi) is 4.85. The molecule has 18 heavy (non-hydrogen) atoms. The Bertz CT molecular complexity index is 555. The van der Waals surface area contributed by atoms with Crippen LogP contribution in [0.3, 0.4) is 0 Å². The van der Waals surface area contributed by atoms with Crippen LogP contribution < -0.4 is 4.72 Å². The van der Waals surface area contributed by atoms with Gasteiger partial charge in [0, 0.05) is 11.0 Å². The molecule has 0 aromatic heterocycles. The Morgan fingerprint density at radius 2 is 2.11 bits per heavy atom. The van der Waals surface area contributed by atoms with E-state index in [9.17, 15) is 13.2 Å². The van der Waals surface area contributed by atoms with Gasteiger partial charge in [0.15, 0.2) is 0 Å². The topological polar surface area (TPSA) is 104 Å². The molecule has 0 spiro atoms. The molecule has 0 unspecified atom stereocenters. The van der Waals surface area contributed by atoms with Gasteiger partial charge in [0.2, 0.25) is 10.0 Å². The number of aromatic carboxylic acids is 1. The van der Waals surface area contributed by atoms with E-state index < -0.39 is 22.1 Å². The maximum Gasteiger partial charge on any atom is 0.335 e. The molecule has 1 aromatic carbocycles. The van der Waals surface area contributed by atoms with Gasteiger partial charge in [-0.3, -0.25) is 0 Å². The van der Waals surface area contributed by atoms with Gasteiger partial charge in [-0.1, -0.05) is 0 Å². The van der Waals surface area contributed by atoms with Crippen LogP contribution in [0.2, 0.25) is 0 Å². The summed E-state index contributed by atoms with van der Waals surface area (Å²) >= 11 is 3.01. The number of carboxylic acids is 1. The normalized spacial score (nSPS) is 13.3. The Morgan fingerprint density at radius 3 is 2.56 bits per heavy atom. The highest BCUT2D eigenvalue weighted by Gasteiger charge is 2.19. The quantitative estimate of drug-likeness (QED) is 0.737. The number of aliphatic hydroxyl groups is 1. The lowest BCUT2D eigenvalue weighted by molar-refractivity contribution is 0.0696. The van der Waals surface area contributed by atoms with Gasteiger partial charge in [0.05, 0.1) is 16.6 Å². The average molecular weight is 338 g/mol. The van der Waals surface area contributed by atoms with E-state index in [2.05, 4.69) is 20.7 Å². The van der Waals surface area contributed by atoms with Crippen molar-refractivity contribution in [1.29, 1.82) is 0 Å². The zero-order valence-electron chi connectivity index (χ0n) is 9.42. The number of nitrogens with one attached hydrogen (secondary N) is 1. The first-order chi connectivity index (χ1) is 8.24. The fourth-order valence-electron chi connectivity index (χ4n) is 1.16. The molecule has 3 N–H and O–H groups in total. The monoisotopic (exact) mass is 337 g/mol. The number of hydrogen-bond acceptors (Lipinski definition) is 4. The van der Waals surface area contributed by atoms with E-state index in [1.54, 1.807) is 0 Å². The molecule has 0 aliphatic rings. The summed E-state index contributed by atoms with van der Waals surface area (Å²) in [6.45, 7) is 1.33. The number of benzene rings is 1. The second-order valence-electron chi connectivity index (χ2n) is 3.65. The molecule has 1 rings (SSSR count). The van der Waals surface area contributed by atoms with E-state index in [0.717, 1.165) is 0 Å². The molecule has 0 bridgehead atoms. The Morgan fingerprint density at radius 1 is 1.50 bits per heavy atom. The summed E-state index contributed by atoms with van der Waals surface area (Å²) in [7, 11) is -3.78. The van der Waals surface area contributed by atoms with Crippen molar-refractivity contribution >= 4 is 31.9 Å². The van der Waals surface area contributed by atoms with Crippen molar-refractivity contribution in [3.63, 3.8) is 0 Å². The minimum Gasteiger partial charge on any atom is -0.478 e. The Hall–Kier alpha value is -0.960. The van der Waals surface area contributed by atoms with Crippen LogP contribution in [-0.2, 0) is 10.0 Å². The van der Waals surface area contributed by atoms with E-state index in [1.165, 1.54) is 25.1 Å². The lowest BCUT2D eigenvalue weighted by Crippen LogP contribution is -2.30. The summed E-state index contributed by atoms with van der Waals surface area (Å²) in [4.78, 5) is 10.6. The first-order valence-electron chi connectivity index (χ1n) is 4.94. The smallest absolute Gasteiger partial charge is 0.335 e. The highest BCUT2D eigenvalue weighted by molar-refractivity contribution is 9.10. The molecule has 100 valence electrons. The van der Waals surface area contributed by atoms with Crippen LogP contribution in [0.5, 0.6) is 0 Å². The number of carbonyl (C=O) groups is 1. The van der Waals surface area contributed by atoms with Crippen molar-refractivity contribution in [2.45, 2.75) is 17.9 Å². The van der Waals surface area contributed by atoms with Crippen molar-refractivity contribution in [3.8, 4) is 0 Å². The van der Waals surface area contributed by atoms with Crippen LogP contribution >= 0.6 is 15.9 Å². The summed E-state index contributed by atoms with van der Waals surface area (Å²) in [5.74, 6) is -1.14. The van der Waals surface area contributed by atoms with Gasteiger partial charge in [-0.25, -0.2) is 17.9 Å². The van der Waals surface area contributed by atoms with E-state index in [1.807, 2.05) is 0 Å². The van der Waals surface area contributed by atoms with Gasteiger partial charge in [0.25, 0.3) is 0 Å². The molecule has 1 aromatic rings. The van der Waals surface area contributed by atoms with Gasteiger partial charge in [-0.05, 0) is 41.1 Å². The number of carboxylic acid groups (broad SMARTS) is 1. The molecule has 1 atom stereocenters. The maximum atomic E-state index is 11.8. The second kappa shape index (κ2) is 5.79. The molecule has 8 heteroatoms. The Balaban J connectivity index is 3.06. The molecule has 0 amide bonds. The van der Waals surface area contributed by atoms with E-state index >= 15 is 0 Å². The van der Waals surface area contributed by atoms with Crippen molar-refractivity contribution in [2.24, 2.45) is 0 Å². The predicted octanol–water partition coefficient (Wildman–Crippen LogP) is 0.806. The number of hydrogen-bond donors (Lipinski definition) is 3. The molecule has 6 nitrogen and oxygen atoms in total. The van der Waals surface area contributed by atoms with Crippen molar-refractivity contribution < 1.29 is 23.4 Å². The number of aliphatic hydroxyl groups excluding tert-OH is 1. The molecule has 0 fully saturated rings. The average Bonchev–Trinajstić information content (AvgIpc) is 2.26. The van der Waals surface area contributed by atoms with Crippen molar-refractivity contribution in [3.05, 3.63) is 28.2 Å². The van der Waals surface area contributed by atoms with Crippen molar-refractivity contribution in [1.82, 2.24) is 4.72 Å². The van der Waals surface area contributed by atoms with Crippen LogP contribution in [0.4, 0.5) is 0 Å². The van der Waals surface area contributed by atoms with Crippen LogP contribution in [0, 0.1) is 0 Å². The summed E-state index contributed by atoms with van der Waals surface area (Å²) in [5, 5.41) is 17.8. The van der Waals surface area contributed by atoms with Crippen LogP contribution in [0.1, 0.15) is 17.3 Å². The fraction of sp³-hybridized carbons (Fsp3) is 0.300. The number of rotatable bonds is 5. The summed E-state index contributed by atoms with van der Waals surface area (Å²) in [6.07, 6.45) is -0.808. The first-order valence-corrected chi connectivity index (χ1v) is 7.22. The minimum absolute atomic E-state index is 0.0173. The van der Waals surface area contributed by atoms with Crippen LogP contribution in [0.25, 0.3) is 0 Å². The third-order valence-electron chi connectivity index (χ3n) is 2.04. The summed E-state index contributed by atoms with van der Waals surface area (Å²) in [6, 6.07) is 3.60. The molecule has 0 saturated heterocycles. The highest BCUT2D eigenvalue weighted by Crippen LogP contribution is 2.23. The molecule has 0 heterocycles. The van der Waals surface area contributed by atoms with Crippen LogP contribution in [0.15, 0.2) is 27.6 Å². The molecule has 0 saturated carbocycles. The van der Waals surface area contributed by atoms with Gasteiger partial charge < -0.3 is 10.2 Å². The van der Waals surface area contributed by atoms with Gasteiger partial charge in [-0.15, -0.1) is 0 Å². The van der Waals surface area contributed by atoms with Crippen molar-refractivity contribution in [2.75, 3.05) is 6.54 Å². The van der Waals surface area contributed by atoms with Gasteiger partial charge >= 0.3 is 5.97 Å². The molecule has 0 aliphatic heterocycles. The van der Waals surface area contributed by atoms with E-state index in [0.29, 0.717) is 0 Å². The zero-order chi connectivity index (χ0) is 13.9. The third kappa shape index (κ3) is 3.77. The van der Waals surface area contributed by atoms with Gasteiger partial charge in [0.1, 0.15) is 0 Å². The standard InChI is InChI=1S/C10H12BrNO5S/c1-6(13)5-12-18(16,17)9-3-2-7(10(14)15)4-8(9)11/h2-4,6,12-13H,5H2,1H3,(H,14,15)/t6-/m0/s1. The Labute approximate surface area is 113 Å². The lowest BCUT2D eigenvalue weighted by Gasteiger charge is -2.10. The minimum atomic E-state index is -3.78. The third-order valence-corrected chi connectivity index (χ3v) is 4.44. The lowest BCUT2D eigenvalue weighted by atomic mass is 10.2. The second-order valence-corrected chi connectivity index (χ2v) is 6.24. The van der Waals surface area contributed by atoms with Gasteiger partial charge in [-0.2, -0.15) is 0 Å². The fourth-order valence-corrected chi connectivity index (χ4v) is 3.36. The molecular weight excluding hydrogens is 326 g/mol. The SMILES string of the molecule is C[C@H](O)CNS(=O)(=O)c1ccc(C(=O)O)cc1Br. The summed E-state index contributed by atoms with van der Waals surface area (Å²) in [5.41, 5.74) is -0.0173. The number of sulfonamides is 1.